The van der Waals surface area contributed by atoms with Gasteiger partial charge in [0.15, 0.2) is 5.78 Å². The zero-order chi connectivity index (χ0) is 14.6. The highest BCUT2D eigenvalue weighted by molar-refractivity contribution is 6.10. The number of allylic oxidation sites excluding steroid dienone is 2. The van der Waals surface area contributed by atoms with Gasteiger partial charge in [0.05, 0.1) is 17.3 Å². The molecule has 1 aromatic carbocycles. The van der Waals surface area contributed by atoms with Gasteiger partial charge in [0, 0.05) is 17.2 Å². The number of aromatic amines is 1. The molecular formula is C17H15N3O. The van der Waals surface area contributed by atoms with Crippen molar-refractivity contribution in [2.45, 2.75) is 32.6 Å². The molecule has 2 aliphatic rings. The fourth-order valence-corrected chi connectivity index (χ4v) is 4.04. The van der Waals surface area contributed by atoms with Crippen molar-refractivity contribution in [1.29, 1.82) is 5.26 Å². The minimum absolute atomic E-state index is 0.00304. The van der Waals surface area contributed by atoms with Gasteiger partial charge in [0.25, 0.3) is 0 Å². The number of carbonyl (C=O) groups is 1. The molecule has 0 aliphatic heterocycles. The van der Waals surface area contributed by atoms with Crippen LogP contribution >= 0.6 is 0 Å². The summed E-state index contributed by atoms with van der Waals surface area (Å²) in [4.78, 5) is 12.2. The second-order valence-electron chi connectivity index (χ2n) is 6.02. The molecular weight excluding hydrogens is 262 g/mol. The van der Waals surface area contributed by atoms with Crippen LogP contribution < -0.4 is 0 Å². The normalized spacial score (nSPS) is 24.1. The van der Waals surface area contributed by atoms with Gasteiger partial charge in [-0.2, -0.15) is 10.4 Å². The number of carbonyl (C=O) groups excluding carboxylic acids is 1. The number of hydrogen-bond acceptors (Lipinski definition) is 3. The van der Waals surface area contributed by atoms with Crippen LogP contribution in [-0.4, -0.2) is 16.0 Å². The lowest BCUT2D eigenvalue weighted by Gasteiger charge is -2.33. The van der Waals surface area contributed by atoms with Gasteiger partial charge in [-0.1, -0.05) is 13.0 Å². The molecule has 4 rings (SSSR count). The Hall–Kier alpha value is -2.41. The SMILES string of the molecule is CCC12CCC(=O)C(C#N)=C1c1ccc3[nH]ncc3c1C2. The molecule has 0 radical (unpaired) electrons. The number of Topliss-reactive ketones (excluding diaryl/α,β-unsaturated/α-hetero) is 1. The quantitative estimate of drug-likeness (QED) is 0.870. The minimum Gasteiger partial charge on any atom is -0.293 e. The van der Waals surface area contributed by atoms with Crippen LogP contribution in [-0.2, 0) is 11.2 Å². The first kappa shape index (κ1) is 12.3. The first-order valence-corrected chi connectivity index (χ1v) is 7.33. The van der Waals surface area contributed by atoms with E-state index >= 15 is 0 Å². The minimum atomic E-state index is -0.0488. The summed E-state index contributed by atoms with van der Waals surface area (Å²) in [6, 6.07) is 6.21. The van der Waals surface area contributed by atoms with Crippen molar-refractivity contribution in [1.82, 2.24) is 10.2 Å². The molecule has 2 aliphatic carbocycles. The first-order chi connectivity index (χ1) is 10.2. The molecule has 2 aromatic rings. The van der Waals surface area contributed by atoms with E-state index in [0.717, 1.165) is 41.3 Å². The Morgan fingerprint density at radius 2 is 2.33 bits per heavy atom. The lowest BCUT2D eigenvalue weighted by molar-refractivity contribution is -0.116. The molecule has 21 heavy (non-hydrogen) atoms. The molecule has 1 aromatic heterocycles. The maximum Gasteiger partial charge on any atom is 0.173 e. The molecule has 104 valence electrons. The topological polar surface area (TPSA) is 69.5 Å². The Morgan fingerprint density at radius 3 is 3.10 bits per heavy atom. The van der Waals surface area contributed by atoms with Crippen LogP contribution in [0.2, 0.25) is 0 Å². The van der Waals surface area contributed by atoms with Crippen molar-refractivity contribution in [2.24, 2.45) is 5.41 Å². The number of nitrogens with zero attached hydrogens (tertiary/aromatic N) is 2. The molecule has 0 saturated heterocycles. The smallest absolute Gasteiger partial charge is 0.173 e. The van der Waals surface area contributed by atoms with Crippen molar-refractivity contribution in [3.05, 3.63) is 35.0 Å². The number of fused-ring (bicyclic) bond motifs is 5. The van der Waals surface area contributed by atoms with Crippen LogP contribution in [0.1, 0.15) is 37.3 Å². The molecule has 0 saturated carbocycles. The maximum atomic E-state index is 12.2. The average Bonchev–Trinajstić information content (AvgIpc) is 3.09. The third-order valence-electron chi connectivity index (χ3n) is 5.20. The number of benzene rings is 1. The van der Waals surface area contributed by atoms with Crippen molar-refractivity contribution >= 4 is 22.3 Å². The average molecular weight is 277 g/mol. The summed E-state index contributed by atoms with van der Waals surface area (Å²) in [6.07, 6.45) is 5.04. The second-order valence-corrected chi connectivity index (χ2v) is 6.02. The fraction of sp³-hybridized carbons (Fsp3) is 0.353. The Balaban J connectivity index is 2.10. The van der Waals surface area contributed by atoms with E-state index in [4.69, 9.17) is 0 Å². The highest BCUT2D eigenvalue weighted by atomic mass is 16.1. The van der Waals surface area contributed by atoms with Gasteiger partial charge < -0.3 is 0 Å². The molecule has 1 atom stereocenters. The van der Waals surface area contributed by atoms with Gasteiger partial charge in [-0.3, -0.25) is 9.89 Å². The van der Waals surface area contributed by atoms with Gasteiger partial charge >= 0.3 is 0 Å². The molecule has 0 amide bonds. The molecule has 0 fully saturated rings. The molecule has 4 nitrogen and oxygen atoms in total. The first-order valence-electron chi connectivity index (χ1n) is 7.33. The van der Waals surface area contributed by atoms with Crippen LogP contribution in [0, 0.1) is 16.7 Å². The van der Waals surface area contributed by atoms with Crippen molar-refractivity contribution in [3.8, 4) is 6.07 Å². The van der Waals surface area contributed by atoms with Gasteiger partial charge in [-0.15, -0.1) is 0 Å². The predicted molar refractivity (Wildman–Crippen MR) is 79.3 cm³/mol. The Kier molecular flexibility index (Phi) is 2.38. The van der Waals surface area contributed by atoms with Crippen molar-refractivity contribution < 1.29 is 4.79 Å². The predicted octanol–water partition coefficient (Wildman–Crippen LogP) is 3.16. The Morgan fingerprint density at radius 1 is 1.48 bits per heavy atom. The summed E-state index contributed by atoms with van der Waals surface area (Å²) in [5.74, 6) is -0.00304. The van der Waals surface area contributed by atoms with E-state index in [2.05, 4.69) is 23.2 Å². The third kappa shape index (κ3) is 1.43. The third-order valence-corrected chi connectivity index (χ3v) is 5.20. The number of hydrogen-bond donors (Lipinski definition) is 1. The number of ketones is 1. The van der Waals surface area contributed by atoms with E-state index in [0.29, 0.717) is 12.0 Å². The molecule has 1 N–H and O–H groups in total. The molecule has 1 heterocycles. The van der Waals surface area contributed by atoms with E-state index in [1.54, 1.807) is 0 Å². The number of aromatic nitrogens is 2. The zero-order valence-corrected chi connectivity index (χ0v) is 11.9. The lowest BCUT2D eigenvalue weighted by atomic mass is 9.68. The van der Waals surface area contributed by atoms with E-state index < -0.39 is 0 Å². The van der Waals surface area contributed by atoms with Crippen LogP contribution in [0.3, 0.4) is 0 Å². The Labute approximate surface area is 122 Å². The van der Waals surface area contributed by atoms with Crippen LogP contribution in [0.5, 0.6) is 0 Å². The molecule has 4 heteroatoms. The monoisotopic (exact) mass is 277 g/mol. The second kappa shape index (κ2) is 4.05. The van der Waals surface area contributed by atoms with E-state index in [9.17, 15) is 10.1 Å². The van der Waals surface area contributed by atoms with E-state index in [-0.39, 0.29) is 11.2 Å². The maximum absolute atomic E-state index is 12.2. The van der Waals surface area contributed by atoms with Gasteiger partial charge in [0.1, 0.15) is 6.07 Å². The van der Waals surface area contributed by atoms with Gasteiger partial charge in [0.2, 0.25) is 0 Å². The summed E-state index contributed by atoms with van der Waals surface area (Å²) in [7, 11) is 0. The summed E-state index contributed by atoms with van der Waals surface area (Å²) < 4.78 is 0. The van der Waals surface area contributed by atoms with Gasteiger partial charge in [-0.05, 0) is 42.0 Å². The molecule has 1 unspecified atom stereocenters. The van der Waals surface area contributed by atoms with E-state index in [1.165, 1.54) is 5.56 Å². The summed E-state index contributed by atoms with van der Waals surface area (Å²) in [6.45, 7) is 2.16. The molecule has 0 spiro atoms. The highest BCUT2D eigenvalue weighted by Gasteiger charge is 2.46. The van der Waals surface area contributed by atoms with Crippen molar-refractivity contribution in [3.63, 3.8) is 0 Å². The number of rotatable bonds is 1. The largest absolute Gasteiger partial charge is 0.293 e. The fourth-order valence-electron chi connectivity index (χ4n) is 4.04. The standard InChI is InChI=1S/C17H15N3O/c1-2-17-6-5-15(21)12(8-18)16(17)10-3-4-14-13(9-19-20-14)11(10)7-17/h3-4,9H,2,5-7H2,1H3,(H,19,20). The van der Waals surface area contributed by atoms with Crippen LogP contribution in [0.25, 0.3) is 16.5 Å². The summed E-state index contributed by atoms with van der Waals surface area (Å²) in [5, 5.41) is 17.7. The van der Waals surface area contributed by atoms with E-state index in [1.807, 2.05) is 18.3 Å². The summed E-state index contributed by atoms with van der Waals surface area (Å²) >= 11 is 0. The highest BCUT2D eigenvalue weighted by Crippen LogP contribution is 2.56. The van der Waals surface area contributed by atoms with Crippen molar-refractivity contribution in [2.75, 3.05) is 0 Å². The lowest BCUT2D eigenvalue weighted by Crippen LogP contribution is -2.27. The summed E-state index contributed by atoms with van der Waals surface area (Å²) in [5.41, 5.74) is 4.65. The number of H-pyrrole nitrogens is 1. The number of nitrogens with one attached hydrogen (secondary N) is 1. The van der Waals surface area contributed by atoms with Crippen LogP contribution in [0.4, 0.5) is 0 Å². The molecule has 0 bridgehead atoms. The van der Waals surface area contributed by atoms with Gasteiger partial charge in [-0.25, -0.2) is 0 Å². The Bertz CT molecular complexity index is 853. The number of nitriles is 1. The zero-order valence-electron chi connectivity index (χ0n) is 11.9. The van der Waals surface area contributed by atoms with Crippen LogP contribution in [0.15, 0.2) is 23.9 Å².